The van der Waals surface area contributed by atoms with Gasteiger partial charge in [0.25, 0.3) is 5.91 Å². The third-order valence-electron chi connectivity index (χ3n) is 4.44. The smallest absolute Gasteiger partial charge is 0.270 e. The Labute approximate surface area is 124 Å². The molecule has 0 atom stereocenters. The summed E-state index contributed by atoms with van der Waals surface area (Å²) >= 11 is 0. The average Bonchev–Trinajstić information content (AvgIpc) is 3.02. The van der Waals surface area contributed by atoms with Crippen molar-refractivity contribution in [2.75, 3.05) is 20.1 Å². The van der Waals surface area contributed by atoms with Crippen molar-refractivity contribution in [1.29, 1.82) is 5.26 Å². The number of hydrogen-bond acceptors (Lipinski definition) is 3. The SMILES string of the molecule is CCC1(C(=O)NC)CCN(C(=O)c2cc(C#N)c[nH]2)CC1. The van der Waals surface area contributed by atoms with Crippen molar-refractivity contribution in [1.82, 2.24) is 15.2 Å². The molecule has 1 aliphatic heterocycles. The third-order valence-corrected chi connectivity index (χ3v) is 4.44. The van der Waals surface area contributed by atoms with Gasteiger partial charge < -0.3 is 15.2 Å². The van der Waals surface area contributed by atoms with Crippen molar-refractivity contribution < 1.29 is 9.59 Å². The van der Waals surface area contributed by atoms with Gasteiger partial charge in [0, 0.05) is 26.3 Å². The lowest BCUT2D eigenvalue weighted by Gasteiger charge is -2.39. The summed E-state index contributed by atoms with van der Waals surface area (Å²) in [7, 11) is 1.65. The first-order valence-electron chi connectivity index (χ1n) is 7.16. The van der Waals surface area contributed by atoms with Crippen LogP contribution in [0.3, 0.4) is 0 Å². The van der Waals surface area contributed by atoms with Crippen LogP contribution in [0.4, 0.5) is 0 Å². The van der Waals surface area contributed by atoms with E-state index in [-0.39, 0.29) is 17.2 Å². The first-order chi connectivity index (χ1) is 10.1. The maximum Gasteiger partial charge on any atom is 0.270 e. The van der Waals surface area contributed by atoms with Gasteiger partial charge in [-0.05, 0) is 25.3 Å². The maximum atomic E-state index is 12.4. The van der Waals surface area contributed by atoms with Gasteiger partial charge in [-0.1, -0.05) is 6.92 Å². The number of nitrogens with one attached hydrogen (secondary N) is 2. The molecule has 1 aliphatic rings. The molecule has 0 radical (unpaired) electrons. The number of rotatable bonds is 3. The van der Waals surface area contributed by atoms with Gasteiger partial charge in [0.2, 0.25) is 5.91 Å². The maximum absolute atomic E-state index is 12.4. The summed E-state index contributed by atoms with van der Waals surface area (Å²) in [5.74, 6) is -0.0538. The van der Waals surface area contributed by atoms with Crippen molar-refractivity contribution in [3.63, 3.8) is 0 Å². The average molecular weight is 288 g/mol. The fourth-order valence-electron chi connectivity index (χ4n) is 2.90. The van der Waals surface area contributed by atoms with Crippen LogP contribution in [-0.4, -0.2) is 41.8 Å². The molecule has 6 nitrogen and oxygen atoms in total. The highest BCUT2D eigenvalue weighted by molar-refractivity contribution is 5.93. The molecule has 1 saturated heterocycles. The molecule has 21 heavy (non-hydrogen) atoms. The van der Waals surface area contributed by atoms with Crippen LogP contribution in [0, 0.1) is 16.7 Å². The second-order valence-electron chi connectivity index (χ2n) is 5.42. The lowest BCUT2D eigenvalue weighted by molar-refractivity contribution is -0.133. The summed E-state index contributed by atoms with van der Waals surface area (Å²) in [5, 5.41) is 11.5. The number of H-pyrrole nitrogens is 1. The van der Waals surface area contributed by atoms with Gasteiger partial charge in [-0.3, -0.25) is 9.59 Å². The minimum Gasteiger partial charge on any atom is -0.359 e. The summed E-state index contributed by atoms with van der Waals surface area (Å²) in [6, 6.07) is 3.55. The molecular formula is C15H20N4O2. The number of likely N-dealkylation sites (tertiary alicyclic amines) is 1. The van der Waals surface area contributed by atoms with E-state index in [1.165, 1.54) is 6.20 Å². The summed E-state index contributed by atoms with van der Waals surface area (Å²) in [6.45, 7) is 3.12. The molecule has 0 saturated carbocycles. The molecule has 1 aromatic heterocycles. The second kappa shape index (κ2) is 6.00. The highest BCUT2D eigenvalue weighted by Gasteiger charge is 2.40. The quantitative estimate of drug-likeness (QED) is 0.877. The van der Waals surface area contributed by atoms with E-state index in [1.54, 1.807) is 18.0 Å². The van der Waals surface area contributed by atoms with E-state index in [9.17, 15) is 9.59 Å². The number of carbonyl (C=O) groups is 2. The molecule has 2 amide bonds. The highest BCUT2D eigenvalue weighted by atomic mass is 16.2. The summed E-state index contributed by atoms with van der Waals surface area (Å²) in [5.41, 5.74) is 0.512. The molecule has 0 unspecified atom stereocenters. The number of piperidine rings is 1. The first kappa shape index (κ1) is 15.1. The van der Waals surface area contributed by atoms with Gasteiger partial charge in [-0.2, -0.15) is 5.26 Å². The van der Waals surface area contributed by atoms with Gasteiger partial charge in [-0.25, -0.2) is 0 Å². The van der Waals surface area contributed by atoms with Crippen LogP contribution in [0.2, 0.25) is 0 Å². The number of amides is 2. The van der Waals surface area contributed by atoms with Gasteiger partial charge in [0.1, 0.15) is 11.8 Å². The predicted octanol–water partition coefficient (Wildman–Crippen LogP) is 1.26. The molecule has 0 bridgehead atoms. The van der Waals surface area contributed by atoms with Crippen molar-refractivity contribution in [2.45, 2.75) is 26.2 Å². The standard InChI is InChI=1S/C15H20N4O2/c1-3-15(14(21)17-2)4-6-19(7-5-15)13(20)12-8-11(9-16)10-18-12/h8,10,18H,3-7H2,1-2H3,(H,17,21). The number of aromatic nitrogens is 1. The van der Waals surface area contributed by atoms with E-state index in [0.29, 0.717) is 37.2 Å². The van der Waals surface area contributed by atoms with Crippen molar-refractivity contribution in [3.8, 4) is 6.07 Å². The molecule has 2 N–H and O–H groups in total. The van der Waals surface area contributed by atoms with Crippen LogP contribution in [-0.2, 0) is 4.79 Å². The van der Waals surface area contributed by atoms with Crippen molar-refractivity contribution in [2.24, 2.45) is 5.41 Å². The van der Waals surface area contributed by atoms with E-state index in [2.05, 4.69) is 10.3 Å². The van der Waals surface area contributed by atoms with E-state index < -0.39 is 0 Å². The number of aromatic amines is 1. The fourth-order valence-corrected chi connectivity index (χ4v) is 2.90. The Morgan fingerprint density at radius 1 is 1.48 bits per heavy atom. The molecule has 6 heteroatoms. The number of carbonyl (C=O) groups excluding carboxylic acids is 2. The van der Waals surface area contributed by atoms with Crippen LogP contribution < -0.4 is 5.32 Å². The lowest BCUT2D eigenvalue weighted by Crippen LogP contribution is -2.49. The second-order valence-corrected chi connectivity index (χ2v) is 5.42. The largest absolute Gasteiger partial charge is 0.359 e. The van der Waals surface area contributed by atoms with Crippen LogP contribution in [0.1, 0.15) is 42.2 Å². The zero-order valence-electron chi connectivity index (χ0n) is 12.4. The molecule has 1 aromatic rings. The van der Waals surface area contributed by atoms with Crippen molar-refractivity contribution in [3.05, 3.63) is 23.5 Å². The number of nitriles is 1. The zero-order chi connectivity index (χ0) is 15.5. The molecule has 2 rings (SSSR count). The van der Waals surface area contributed by atoms with E-state index in [4.69, 9.17) is 5.26 Å². The van der Waals surface area contributed by atoms with E-state index in [1.807, 2.05) is 13.0 Å². The predicted molar refractivity (Wildman–Crippen MR) is 77.4 cm³/mol. The third kappa shape index (κ3) is 2.77. The van der Waals surface area contributed by atoms with Gasteiger partial charge in [-0.15, -0.1) is 0 Å². The van der Waals surface area contributed by atoms with E-state index >= 15 is 0 Å². The Morgan fingerprint density at radius 2 is 2.14 bits per heavy atom. The van der Waals surface area contributed by atoms with Crippen LogP contribution in [0.5, 0.6) is 0 Å². The van der Waals surface area contributed by atoms with Gasteiger partial charge in [0.15, 0.2) is 0 Å². The Balaban J connectivity index is 2.05. The first-order valence-corrected chi connectivity index (χ1v) is 7.16. The highest BCUT2D eigenvalue weighted by Crippen LogP contribution is 2.35. The number of nitrogens with zero attached hydrogens (tertiary/aromatic N) is 2. The molecular weight excluding hydrogens is 268 g/mol. The summed E-state index contributed by atoms with van der Waals surface area (Å²) in [4.78, 5) is 29.0. The Kier molecular flexibility index (Phi) is 4.32. The van der Waals surface area contributed by atoms with Crippen LogP contribution >= 0.6 is 0 Å². The lowest BCUT2D eigenvalue weighted by atomic mass is 9.75. The number of hydrogen-bond donors (Lipinski definition) is 2. The Bertz CT molecular complexity index is 577. The summed E-state index contributed by atoms with van der Waals surface area (Å²) < 4.78 is 0. The molecule has 1 fully saturated rings. The molecule has 0 spiro atoms. The molecule has 2 heterocycles. The Hall–Kier alpha value is -2.29. The monoisotopic (exact) mass is 288 g/mol. The minimum absolute atomic E-state index is 0.0590. The Morgan fingerprint density at radius 3 is 2.62 bits per heavy atom. The summed E-state index contributed by atoms with van der Waals surface area (Å²) in [6.07, 6.45) is 3.63. The zero-order valence-corrected chi connectivity index (χ0v) is 12.4. The van der Waals surface area contributed by atoms with Gasteiger partial charge >= 0.3 is 0 Å². The molecule has 112 valence electrons. The fraction of sp³-hybridized carbons (Fsp3) is 0.533. The van der Waals surface area contributed by atoms with Crippen LogP contribution in [0.25, 0.3) is 0 Å². The topological polar surface area (TPSA) is 89.0 Å². The van der Waals surface area contributed by atoms with Gasteiger partial charge in [0.05, 0.1) is 11.0 Å². The van der Waals surface area contributed by atoms with Crippen molar-refractivity contribution >= 4 is 11.8 Å². The molecule has 0 aromatic carbocycles. The normalized spacial score (nSPS) is 17.1. The minimum atomic E-state index is -0.362. The van der Waals surface area contributed by atoms with E-state index in [0.717, 1.165) is 6.42 Å². The molecule has 0 aliphatic carbocycles. The van der Waals surface area contributed by atoms with Crippen LogP contribution in [0.15, 0.2) is 12.3 Å².